The molecule has 0 bridgehead atoms. The molecule has 1 aromatic heterocycles. The lowest BCUT2D eigenvalue weighted by atomic mass is 10.1. The van der Waals surface area contributed by atoms with Gasteiger partial charge in [-0.1, -0.05) is 6.07 Å². The highest BCUT2D eigenvalue weighted by molar-refractivity contribution is 7.10. The number of aliphatic imine (C=N–C) groups is 1. The van der Waals surface area contributed by atoms with Crippen LogP contribution in [0.5, 0.6) is 0 Å². The smallest absolute Gasteiger partial charge is 0.193 e. The van der Waals surface area contributed by atoms with E-state index in [2.05, 4.69) is 59.6 Å². The summed E-state index contributed by atoms with van der Waals surface area (Å²) in [6.07, 6.45) is 1.15. The van der Waals surface area contributed by atoms with E-state index >= 15 is 0 Å². The van der Waals surface area contributed by atoms with Crippen LogP contribution in [0.1, 0.15) is 28.5 Å². The number of nitrogens with two attached hydrogens (primary N) is 1. The molecule has 1 aromatic carbocycles. The van der Waals surface area contributed by atoms with Crippen LogP contribution < -0.4 is 11.1 Å². The van der Waals surface area contributed by atoms with Crippen LogP contribution in [0.2, 0.25) is 0 Å². The van der Waals surface area contributed by atoms with Crippen molar-refractivity contribution in [1.82, 2.24) is 4.90 Å². The minimum absolute atomic E-state index is 0.387. The van der Waals surface area contributed by atoms with Crippen LogP contribution in [0.3, 0.4) is 0 Å². The summed E-state index contributed by atoms with van der Waals surface area (Å²) in [5.74, 6) is 0.485. The summed E-state index contributed by atoms with van der Waals surface area (Å²) in [5.41, 5.74) is 11.1. The number of thiophene rings is 1. The monoisotopic (exact) mass is 342 g/mol. The van der Waals surface area contributed by atoms with E-state index in [0.717, 1.165) is 25.2 Å². The topological polar surface area (TPSA) is 53.6 Å². The SMILES string of the molecule is Cc1ccc(NC(N)=NCC(C)N2CCc3sccc3C2)cc1C. The van der Waals surface area contributed by atoms with E-state index in [1.165, 1.54) is 21.6 Å². The second kappa shape index (κ2) is 7.36. The van der Waals surface area contributed by atoms with Gasteiger partial charge in [0.15, 0.2) is 5.96 Å². The molecule has 24 heavy (non-hydrogen) atoms. The third-order valence-corrected chi connectivity index (χ3v) is 5.79. The number of nitrogens with zero attached hydrogens (tertiary/aromatic N) is 2. The summed E-state index contributed by atoms with van der Waals surface area (Å²) >= 11 is 1.88. The van der Waals surface area contributed by atoms with Crippen molar-refractivity contribution < 1.29 is 0 Å². The molecule has 5 heteroatoms. The van der Waals surface area contributed by atoms with Gasteiger partial charge >= 0.3 is 0 Å². The first-order chi connectivity index (χ1) is 11.5. The highest BCUT2D eigenvalue weighted by atomic mass is 32.1. The molecule has 2 aromatic rings. The molecule has 0 fully saturated rings. The molecule has 0 aliphatic carbocycles. The maximum Gasteiger partial charge on any atom is 0.193 e. The molecule has 0 saturated heterocycles. The van der Waals surface area contributed by atoms with E-state index in [1.54, 1.807) is 0 Å². The van der Waals surface area contributed by atoms with Crippen LogP contribution in [0.25, 0.3) is 0 Å². The van der Waals surface area contributed by atoms with Gasteiger partial charge in [0.25, 0.3) is 0 Å². The predicted octanol–water partition coefficient (Wildman–Crippen LogP) is 3.54. The number of nitrogens with one attached hydrogen (secondary N) is 1. The van der Waals surface area contributed by atoms with Gasteiger partial charge in [0.05, 0.1) is 6.54 Å². The van der Waals surface area contributed by atoms with E-state index in [4.69, 9.17) is 5.73 Å². The average Bonchev–Trinajstić information content (AvgIpc) is 3.03. The Balaban J connectivity index is 1.55. The molecule has 1 atom stereocenters. The standard InChI is InChI=1S/C19H26N4S/c1-13-4-5-17(10-14(13)2)22-19(20)21-11-15(3)23-8-6-18-16(12-23)7-9-24-18/h4-5,7,9-10,15H,6,8,11-12H2,1-3H3,(H3,20,21,22). The van der Waals surface area contributed by atoms with Crippen molar-refractivity contribution in [2.24, 2.45) is 10.7 Å². The Bertz CT molecular complexity index is 735. The van der Waals surface area contributed by atoms with E-state index < -0.39 is 0 Å². The normalized spacial score (nSPS) is 16.7. The Morgan fingerprint density at radius 2 is 2.17 bits per heavy atom. The number of benzene rings is 1. The Morgan fingerprint density at radius 3 is 2.96 bits per heavy atom. The number of anilines is 1. The summed E-state index contributed by atoms with van der Waals surface area (Å²) in [4.78, 5) is 8.56. The van der Waals surface area contributed by atoms with E-state index in [9.17, 15) is 0 Å². The van der Waals surface area contributed by atoms with Crippen LogP contribution in [0, 0.1) is 13.8 Å². The van der Waals surface area contributed by atoms with Crippen LogP contribution in [0.15, 0.2) is 34.6 Å². The van der Waals surface area contributed by atoms with Gasteiger partial charge in [-0.15, -0.1) is 11.3 Å². The fraction of sp³-hybridized carbons (Fsp3) is 0.421. The third kappa shape index (κ3) is 3.97. The highest BCUT2D eigenvalue weighted by Gasteiger charge is 2.21. The Labute approximate surface area is 148 Å². The van der Waals surface area contributed by atoms with Gasteiger partial charge in [0.2, 0.25) is 0 Å². The fourth-order valence-corrected chi connectivity index (χ4v) is 3.89. The molecular weight excluding hydrogens is 316 g/mol. The van der Waals surface area contributed by atoms with E-state index in [-0.39, 0.29) is 0 Å². The Morgan fingerprint density at radius 1 is 1.33 bits per heavy atom. The maximum atomic E-state index is 6.05. The summed E-state index contributed by atoms with van der Waals surface area (Å²) in [5, 5.41) is 5.39. The van der Waals surface area contributed by atoms with Gasteiger partial charge in [-0.25, -0.2) is 0 Å². The van der Waals surface area contributed by atoms with Gasteiger partial charge in [0.1, 0.15) is 0 Å². The summed E-state index contributed by atoms with van der Waals surface area (Å²) in [6.45, 7) is 9.28. The largest absolute Gasteiger partial charge is 0.370 e. The Hall–Kier alpha value is -1.85. The van der Waals surface area contributed by atoms with Crippen molar-refractivity contribution in [3.8, 4) is 0 Å². The first-order valence-electron chi connectivity index (χ1n) is 8.46. The molecule has 128 valence electrons. The second-order valence-electron chi connectivity index (χ2n) is 6.59. The van der Waals surface area contributed by atoms with Crippen LogP contribution in [-0.4, -0.2) is 30.0 Å². The van der Waals surface area contributed by atoms with Gasteiger partial charge in [-0.05, 0) is 67.5 Å². The van der Waals surface area contributed by atoms with Crippen molar-refractivity contribution >= 4 is 23.0 Å². The zero-order chi connectivity index (χ0) is 17.1. The molecule has 0 radical (unpaired) electrons. The summed E-state index contributed by atoms with van der Waals surface area (Å²) < 4.78 is 0. The fourth-order valence-electron chi connectivity index (χ4n) is 3.00. The van der Waals surface area contributed by atoms with Gasteiger partial charge in [0, 0.05) is 29.7 Å². The van der Waals surface area contributed by atoms with Crippen LogP contribution in [-0.2, 0) is 13.0 Å². The molecule has 3 rings (SSSR count). The maximum absolute atomic E-state index is 6.05. The Kier molecular flexibility index (Phi) is 5.21. The van der Waals surface area contributed by atoms with Crippen molar-refractivity contribution in [2.45, 2.75) is 39.8 Å². The lowest BCUT2D eigenvalue weighted by molar-refractivity contribution is 0.197. The molecule has 0 saturated carbocycles. The first kappa shape index (κ1) is 17.0. The van der Waals surface area contributed by atoms with Gasteiger partial charge in [-0.3, -0.25) is 9.89 Å². The minimum Gasteiger partial charge on any atom is -0.370 e. The number of aryl methyl sites for hydroxylation is 2. The van der Waals surface area contributed by atoms with Gasteiger partial charge in [-0.2, -0.15) is 0 Å². The average molecular weight is 343 g/mol. The molecule has 0 spiro atoms. The summed E-state index contributed by atoms with van der Waals surface area (Å²) in [6, 6.07) is 8.87. The highest BCUT2D eigenvalue weighted by Crippen LogP contribution is 2.25. The zero-order valence-corrected chi connectivity index (χ0v) is 15.5. The molecule has 1 aliphatic heterocycles. The molecule has 2 heterocycles. The first-order valence-corrected chi connectivity index (χ1v) is 9.34. The molecule has 4 nitrogen and oxygen atoms in total. The van der Waals surface area contributed by atoms with Crippen molar-refractivity contribution in [3.63, 3.8) is 0 Å². The van der Waals surface area contributed by atoms with Gasteiger partial charge < -0.3 is 11.1 Å². The number of guanidine groups is 1. The zero-order valence-electron chi connectivity index (χ0n) is 14.7. The lowest BCUT2D eigenvalue weighted by Crippen LogP contribution is -2.39. The quantitative estimate of drug-likeness (QED) is 0.660. The molecule has 0 amide bonds. The predicted molar refractivity (Wildman–Crippen MR) is 104 cm³/mol. The van der Waals surface area contributed by atoms with Crippen LogP contribution >= 0.6 is 11.3 Å². The number of fused-ring (bicyclic) bond motifs is 1. The number of hydrogen-bond donors (Lipinski definition) is 2. The number of rotatable bonds is 4. The van der Waals surface area contributed by atoms with E-state index in [1.807, 2.05) is 17.4 Å². The molecule has 1 unspecified atom stereocenters. The molecule has 3 N–H and O–H groups in total. The lowest BCUT2D eigenvalue weighted by Gasteiger charge is -2.31. The third-order valence-electron chi connectivity index (χ3n) is 4.77. The van der Waals surface area contributed by atoms with Crippen molar-refractivity contribution in [2.75, 3.05) is 18.4 Å². The van der Waals surface area contributed by atoms with E-state index in [0.29, 0.717) is 18.5 Å². The van der Waals surface area contributed by atoms with Crippen LogP contribution in [0.4, 0.5) is 5.69 Å². The summed E-state index contributed by atoms with van der Waals surface area (Å²) in [7, 11) is 0. The second-order valence-corrected chi connectivity index (χ2v) is 7.59. The van der Waals surface area contributed by atoms with Crippen molar-refractivity contribution in [1.29, 1.82) is 0 Å². The molecule has 1 aliphatic rings. The van der Waals surface area contributed by atoms with Crippen molar-refractivity contribution in [3.05, 3.63) is 51.2 Å². The minimum atomic E-state index is 0.387. The number of hydrogen-bond acceptors (Lipinski definition) is 3. The molecular formula is C19H26N4S.